The Morgan fingerprint density at radius 3 is 2.69 bits per heavy atom. The predicted octanol–water partition coefficient (Wildman–Crippen LogP) is 1.72. The molecule has 0 aliphatic carbocycles. The molecule has 3 N–H and O–H groups in total. The normalized spacial score (nSPS) is 18.7. The molecule has 4 aromatic rings. The van der Waals surface area contributed by atoms with Gasteiger partial charge in [-0.3, -0.25) is 0 Å². The van der Waals surface area contributed by atoms with Crippen molar-refractivity contribution in [2.24, 2.45) is 0 Å². The van der Waals surface area contributed by atoms with Gasteiger partial charge in [-0.2, -0.15) is 5.10 Å². The van der Waals surface area contributed by atoms with E-state index in [0.29, 0.717) is 29.4 Å². The maximum atomic E-state index is 10.3. The summed E-state index contributed by atoms with van der Waals surface area (Å²) in [7, 11) is 0. The van der Waals surface area contributed by atoms with Gasteiger partial charge in [0.1, 0.15) is 30.8 Å². The predicted molar refractivity (Wildman–Crippen MR) is 134 cm³/mol. The Balaban J connectivity index is 1.22. The molecule has 6 rings (SSSR count). The third kappa shape index (κ3) is 4.13. The Kier molecular flexibility index (Phi) is 5.53. The number of anilines is 3. The SMILES string of the molecule is Nc1nnc(-c2ccccc2O)cc1N1[C@@H]2CC[C@H]1CN(c1ccnc(C#CCn3cncn3)n1)C2. The van der Waals surface area contributed by atoms with Gasteiger partial charge in [-0.15, -0.1) is 10.2 Å². The zero-order valence-electron chi connectivity index (χ0n) is 19.4. The first-order valence-electron chi connectivity index (χ1n) is 11.7. The first kappa shape index (κ1) is 21.8. The lowest BCUT2D eigenvalue weighted by Gasteiger charge is -2.43. The highest BCUT2D eigenvalue weighted by Gasteiger charge is 2.41. The van der Waals surface area contributed by atoms with Gasteiger partial charge in [0.15, 0.2) is 5.82 Å². The Labute approximate surface area is 207 Å². The van der Waals surface area contributed by atoms with Crippen LogP contribution in [0.1, 0.15) is 18.7 Å². The molecule has 0 amide bonds. The zero-order valence-corrected chi connectivity index (χ0v) is 19.4. The summed E-state index contributed by atoms with van der Waals surface area (Å²) in [6.07, 6.45) is 6.95. The molecule has 0 unspecified atom stereocenters. The molecule has 0 saturated carbocycles. The molecule has 11 nitrogen and oxygen atoms in total. The number of fused-ring (bicyclic) bond motifs is 2. The van der Waals surface area contributed by atoms with Gasteiger partial charge in [-0.25, -0.2) is 19.6 Å². The summed E-state index contributed by atoms with van der Waals surface area (Å²) in [5, 5.41) is 22.8. The largest absolute Gasteiger partial charge is 0.507 e. The van der Waals surface area contributed by atoms with E-state index in [0.717, 1.165) is 37.4 Å². The number of hydrogen-bond acceptors (Lipinski definition) is 10. The van der Waals surface area contributed by atoms with E-state index < -0.39 is 0 Å². The van der Waals surface area contributed by atoms with Gasteiger partial charge in [0.25, 0.3) is 0 Å². The maximum Gasteiger partial charge on any atom is 0.206 e. The summed E-state index contributed by atoms with van der Waals surface area (Å²) in [5.74, 6) is 7.96. The number of phenolic OH excluding ortho intramolecular Hbond substituents is 1. The van der Waals surface area contributed by atoms with Gasteiger partial charge in [-0.05, 0) is 43.0 Å². The molecule has 5 heterocycles. The van der Waals surface area contributed by atoms with E-state index in [2.05, 4.69) is 46.9 Å². The van der Waals surface area contributed by atoms with E-state index in [1.54, 1.807) is 29.3 Å². The number of nitrogen functional groups attached to an aromatic ring is 1. The van der Waals surface area contributed by atoms with Crippen molar-refractivity contribution in [3.05, 3.63) is 61.1 Å². The summed E-state index contributed by atoms with van der Waals surface area (Å²) in [6, 6.07) is 11.5. The number of rotatable bonds is 4. The first-order valence-corrected chi connectivity index (χ1v) is 11.7. The van der Waals surface area contributed by atoms with Crippen LogP contribution in [0.25, 0.3) is 11.3 Å². The van der Waals surface area contributed by atoms with E-state index in [-0.39, 0.29) is 17.8 Å². The van der Waals surface area contributed by atoms with E-state index in [9.17, 15) is 5.11 Å². The number of aromatic hydroxyl groups is 1. The van der Waals surface area contributed by atoms with Crippen LogP contribution in [0.15, 0.2) is 55.2 Å². The van der Waals surface area contributed by atoms with Crippen molar-refractivity contribution in [3.8, 4) is 28.8 Å². The van der Waals surface area contributed by atoms with Gasteiger partial charge < -0.3 is 20.6 Å². The van der Waals surface area contributed by atoms with Gasteiger partial charge >= 0.3 is 0 Å². The number of nitrogens with zero attached hydrogens (tertiary/aromatic N) is 9. The average molecular weight is 481 g/mol. The minimum atomic E-state index is 0.166. The van der Waals surface area contributed by atoms with Crippen LogP contribution in [0.4, 0.5) is 17.3 Å². The molecule has 2 atom stereocenters. The van der Waals surface area contributed by atoms with Crippen LogP contribution in [0.3, 0.4) is 0 Å². The van der Waals surface area contributed by atoms with E-state index in [4.69, 9.17) is 10.7 Å². The highest BCUT2D eigenvalue weighted by Crippen LogP contribution is 2.40. The molecule has 1 aromatic carbocycles. The van der Waals surface area contributed by atoms with Crippen molar-refractivity contribution in [1.29, 1.82) is 0 Å². The highest BCUT2D eigenvalue weighted by atomic mass is 16.3. The van der Waals surface area contributed by atoms with Crippen molar-refractivity contribution >= 4 is 17.3 Å². The van der Waals surface area contributed by atoms with Crippen LogP contribution >= 0.6 is 0 Å². The van der Waals surface area contributed by atoms with Crippen molar-refractivity contribution in [3.63, 3.8) is 0 Å². The Morgan fingerprint density at radius 1 is 1.08 bits per heavy atom. The molecule has 2 fully saturated rings. The van der Waals surface area contributed by atoms with Crippen LogP contribution in [0.2, 0.25) is 0 Å². The van der Waals surface area contributed by atoms with Crippen LogP contribution < -0.4 is 15.5 Å². The fraction of sp³-hybridized carbons (Fsp3) is 0.280. The molecule has 180 valence electrons. The molecule has 0 radical (unpaired) electrons. The van der Waals surface area contributed by atoms with Crippen molar-refractivity contribution in [2.75, 3.05) is 28.6 Å². The lowest BCUT2D eigenvalue weighted by Crippen LogP contribution is -2.54. The second kappa shape index (κ2) is 9.14. The lowest BCUT2D eigenvalue weighted by atomic mass is 10.1. The zero-order chi connectivity index (χ0) is 24.5. The second-order valence-corrected chi connectivity index (χ2v) is 8.85. The van der Waals surface area contributed by atoms with Crippen molar-refractivity contribution < 1.29 is 5.11 Å². The summed E-state index contributed by atoms with van der Waals surface area (Å²) in [5.41, 5.74) is 8.39. The number of aromatic nitrogens is 7. The Morgan fingerprint density at radius 2 is 1.92 bits per heavy atom. The molecule has 2 aliphatic heterocycles. The number of hydrogen-bond donors (Lipinski definition) is 2. The summed E-state index contributed by atoms with van der Waals surface area (Å²) < 4.78 is 1.65. The second-order valence-electron chi connectivity index (χ2n) is 8.85. The standard InChI is InChI=1S/C25H24N10O/c26-25-21(12-20(31-32-25)19-4-1-2-5-22(19)36)35-17-7-8-18(35)14-33(13-17)24-9-10-28-23(30-24)6-3-11-34-16-27-15-29-34/h1-2,4-5,9-10,12,15-18,36H,7-8,11,13-14H2,(H2,26,32)/t17-,18+. The van der Waals surface area contributed by atoms with E-state index >= 15 is 0 Å². The van der Waals surface area contributed by atoms with Crippen LogP contribution in [-0.4, -0.2) is 65.2 Å². The average Bonchev–Trinajstić information content (AvgIpc) is 3.50. The van der Waals surface area contributed by atoms with Crippen molar-refractivity contribution in [2.45, 2.75) is 31.5 Å². The minimum absolute atomic E-state index is 0.166. The Hall–Kier alpha value is -4.72. The molecule has 2 aliphatic rings. The van der Waals surface area contributed by atoms with Gasteiger partial charge in [0.2, 0.25) is 5.82 Å². The fourth-order valence-electron chi connectivity index (χ4n) is 5.00. The number of piperazine rings is 1. The van der Waals surface area contributed by atoms with E-state index in [1.165, 1.54) is 6.33 Å². The first-order chi connectivity index (χ1) is 17.7. The quantitative estimate of drug-likeness (QED) is 0.416. The molecule has 0 spiro atoms. The molecular weight excluding hydrogens is 456 g/mol. The monoisotopic (exact) mass is 480 g/mol. The van der Waals surface area contributed by atoms with Gasteiger partial charge in [0.05, 0.1) is 11.4 Å². The van der Waals surface area contributed by atoms with Crippen LogP contribution in [0, 0.1) is 11.8 Å². The smallest absolute Gasteiger partial charge is 0.206 e. The fourth-order valence-corrected chi connectivity index (χ4v) is 5.00. The third-order valence-electron chi connectivity index (χ3n) is 6.61. The maximum absolute atomic E-state index is 10.3. The summed E-state index contributed by atoms with van der Waals surface area (Å²) in [4.78, 5) is 17.6. The molecule has 2 saturated heterocycles. The van der Waals surface area contributed by atoms with Gasteiger partial charge in [-0.1, -0.05) is 18.1 Å². The number of nitrogens with two attached hydrogens (primary N) is 1. The highest BCUT2D eigenvalue weighted by molar-refractivity contribution is 5.75. The van der Waals surface area contributed by atoms with E-state index in [1.807, 2.05) is 24.3 Å². The number of phenols is 1. The van der Waals surface area contributed by atoms with Gasteiger partial charge in [0, 0.05) is 36.9 Å². The molecule has 3 aromatic heterocycles. The minimum Gasteiger partial charge on any atom is -0.507 e. The van der Waals surface area contributed by atoms with Crippen LogP contribution in [-0.2, 0) is 6.54 Å². The number of para-hydroxylation sites is 1. The van der Waals surface area contributed by atoms with Crippen molar-refractivity contribution in [1.82, 2.24) is 34.9 Å². The molecule has 36 heavy (non-hydrogen) atoms. The summed E-state index contributed by atoms with van der Waals surface area (Å²) in [6.45, 7) is 2.03. The van der Waals surface area contributed by atoms with Crippen LogP contribution in [0.5, 0.6) is 5.75 Å². The number of benzene rings is 1. The summed E-state index contributed by atoms with van der Waals surface area (Å²) >= 11 is 0. The molecule has 11 heteroatoms. The third-order valence-corrected chi connectivity index (χ3v) is 6.61. The molecular formula is C25H24N10O. The lowest BCUT2D eigenvalue weighted by molar-refractivity contribution is 0.477. The Bertz CT molecular complexity index is 1430. The molecule has 2 bridgehead atoms. The topological polar surface area (TPSA) is 135 Å².